The van der Waals surface area contributed by atoms with Crippen LogP contribution in [0.3, 0.4) is 0 Å². The summed E-state index contributed by atoms with van der Waals surface area (Å²) in [4.78, 5) is 17.1. The molecule has 4 heteroatoms. The number of hydrogen-bond acceptors (Lipinski definition) is 3. The van der Waals surface area contributed by atoms with Crippen LogP contribution in [-0.4, -0.2) is 5.91 Å². The van der Waals surface area contributed by atoms with Crippen LogP contribution in [0.4, 0.5) is 5.69 Å². The molecule has 19 heavy (non-hydrogen) atoms. The minimum Gasteiger partial charge on any atom is -0.398 e. The fourth-order valence-corrected chi connectivity index (χ4v) is 1.68. The van der Waals surface area contributed by atoms with Crippen molar-refractivity contribution in [1.82, 2.24) is 5.48 Å². The summed E-state index contributed by atoms with van der Waals surface area (Å²) in [7, 11) is 0. The normalized spacial score (nSPS) is 10.2. The Bertz CT molecular complexity index is 568. The molecule has 2 aromatic carbocycles. The lowest BCUT2D eigenvalue weighted by Crippen LogP contribution is -2.24. The third kappa shape index (κ3) is 3.56. The van der Waals surface area contributed by atoms with Crippen LogP contribution in [0, 0.1) is 6.92 Å². The van der Waals surface area contributed by atoms with Crippen molar-refractivity contribution in [2.24, 2.45) is 0 Å². The van der Waals surface area contributed by atoms with Crippen LogP contribution in [0.2, 0.25) is 0 Å². The molecule has 3 N–H and O–H groups in total. The van der Waals surface area contributed by atoms with Gasteiger partial charge in [0.15, 0.2) is 0 Å². The fraction of sp³-hybridized carbons (Fsp3) is 0.133. The number of nitrogen functional groups attached to an aromatic ring is 1. The number of carbonyl (C=O) groups is 1. The smallest absolute Gasteiger partial charge is 0.276 e. The number of hydroxylamine groups is 1. The van der Waals surface area contributed by atoms with E-state index in [9.17, 15) is 4.79 Å². The van der Waals surface area contributed by atoms with E-state index in [1.807, 2.05) is 43.3 Å². The highest BCUT2D eigenvalue weighted by Gasteiger charge is 2.09. The number of carbonyl (C=O) groups excluding carboxylic acids is 1. The second-order valence-electron chi connectivity index (χ2n) is 4.30. The molecule has 0 radical (unpaired) electrons. The van der Waals surface area contributed by atoms with Crippen LogP contribution >= 0.6 is 0 Å². The van der Waals surface area contributed by atoms with Gasteiger partial charge >= 0.3 is 0 Å². The monoisotopic (exact) mass is 256 g/mol. The minimum atomic E-state index is -0.336. The van der Waals surface area contributed by atoms with Gasteiger partial charge < -0.3 is 5.73 Å². The van der Waals surface area contributed by atoms with Gasteiger partial charge in [-0.1, -0.05) is 42.0 Å². The van der Waals surface area contributed by atoms with Crippen molar-refractivity contribution < 1.29 is 9.63 Å². The highest BCUT2D eigenvalue weighted by molar-refractivity contribution is 5.98. The van der Waals surface area contributed by atoms with Crippen molar-refractivity contribution in [3.63, 3.8) is 0 Å². The Labute approximate surface area is 112 Å². The Morgan fingerprint density at radius 3 is 2.68 bits per heavy atom. The molecule has 0 bridgehead atoms. The number of benzene rings is 2. The molecule has 0 atom stereocenters. The first kappa shape index (κ1) is 13.1. The molecular weight excluding hydrogens is 240 g/mol. The lowest BCUT2D eigenvalue weighted by molar-refractivity contribution is 0.0234. The Morgan fingerprint density at radius 1 is 1.21 bits per heavy atom. The molecular formula is C15H16N2O2. The average molecular weight is 256 g/mol. The zero-order valence-electron chi connectivity index (χ0n) is 10.7. The highest BCUT2D eigenvalue weighted by Crippen LogP contribution is 2.13. The Balaban J connectivity index is 1.93. The third-order valence-electron chi connectivity index (χ3n) is 2.70. The summed E-state index contributed by atoms with van der Waals surface area (Å²) in [6, 6.07) is 14.9. The molecule has 1 amide bonds. The molecule has 0 aromatic heterocycles. The van der Waals surface area contributed by atoms with Gasteiger partial charge in [-0.25, -0.2) is 5.48 Å². The molecule has 0 spiro atoms. The molecule has 0 saturated heterocycles. The Morgan fingerprint density at radius 2 is 1.95 bits per heavy atom. The number of anilines is 1. The number of nitrogens with one attached hydrogen (secondary N) is 1. The fourth-order valence-electron chi connectivity index (χ4n) is 1.68. The first-order chi connectivity index (χ1) is 9.16. The van der Waals surface area contributed by atoms with Crippen LogP contribution in [0.1, 0.15) is 21.5 Å². The first-order valence-corrected chi connectivity index (χ1v) is 5.99. The summed E-state index contributed by atoms with van der Waals surface area (Å²) in [5.41, 5.74) is 11.0. The Kier molecular flexibility index (Phi) is 4.15. The quantitative estimate of drug-likeness (QED) is 0.652. The van der Waals surface area contributed by atoms with Crippen molar-refractivity contribution in [3.05, 3.63) is 65.2 Å². The molecule has 2 aromatic rings. The van der Waals surface area contributed by atoms with Crippen molar-refractivity contribution in [2.45, 2.75) is 13.5 Å². The topological polar surface area (TPSA) is 64.4 Å². The van der Waals surface area contributed by atoms with E-state index in [1.54, 1.807) is 12.1 Å². The number of nitrogens with two attached hydrogens (primary N) is 1. The van der Waals surface area contributed by atoms with Crippen molar-refractivity contribution in [1.29, 1.82) is 0 Å². The van der Waals surface area contributed by atoms with Crippen LogP contribution in [0.25, 0.3) is 0 Å². The first-order valence-electron chi connectivity index (χ1n) is 5.99. The van der Waals surface area contributed by atoms with Crippen molar-refractivity contribution in [3.8, 4) is 0 Å². The van der Waals surface area contributed by atoms with Gasteiger partial charge in [0.1, 0.15) is 0 Å². The van der Waals surface area contributed by atoms with Gasteiger partial charge in [0, 0.05) is 5.69 Å². The summed E-state index contributed by atoms with van der Waals surface area (Å²) in [6.07, 6.45) is 0. The summed E-state index contributed by atoms with van der Waals surface area (Å²) in [5.74, 6) is -0.336. The van der Waals surface area contributed by atoms with Crippen molar-refractivity contribution >= 4 is 11.6 Å². The molecule has 98 valence electrons. The Hall–Kier alpha value is -2.33. The summed E-state index contributed by atoms with van der Waals surface area (Å²) in [5, 5.41) is 0. The van der Waals surface area contributed by atoms with E-state index >= 15 is 0 Å². The maximum atomic E-state index is 11.9. The van der Waals surface area contributed by atoms with Gasteiger partial charge in [-0.2, -0.15) is 0 Å². The molecule has 0 fully saturated rings. The van der Waals surface area contributed by atoms with Gasteiger partial charge in [0.2, 0.25) is 0 Å². The lowest BCUT2D eigenvalue weighted by Gasteiger charge is -2.08. The van der Waals surface area contributed by atoms with Gasteiger partial charge in [0.05, 0.1) is 12.2 Å². The molecule has 0 unspecified atom stereocenters. The molecule has 2 rings (SSSR count). The van der Waals surface area contributed by atoms with E-state index in [0.29, 0.717) is 17.9 Å². The maximum Gasteiger partial charge on any atom is 0.276 e. The van der Waals surface area contributed by atoms with E-state index in [1.165, 1.54) is 0 Å². The summed E-state index contributed by atoms with van der Waals surface area (Å²) < 4.78 is 0. The zero-order chi connectivity index (χ0) is 13.7. The number of rotatable bonds is 4. The van der Waals surface area contributed by atoms with Gasteiger partial charge in [-0.15, -0.1) is 0 Å². The standard InChI is InChI=1S/C15H16N2O2/c1-11-7-8-14(16)13(9-11)15(18)17-19-10-12-5-3-2-4-6-12/h2-9H,10,16H2,1H3,(H,17,18). The predicted molar refractivity (Wildman–Crippen MR) is 74.3 cm³/mol. The third-order valence-corrected chi connectivity index (χ3v) is 2.70. The van der Waals surface area contributed by atoms with E-state index in [-0.39, 0.29) is 5.91 Å². The van der Waals surface area contributed by atoms with E-state index in [2.05, 4.69) is 5.48 Å². The van der Waals surface area contributed by atoms with E-state index < -0.39 is 0 Å². The van der Waals surface area contributed by atoms with Crippen LogP contribution in [-0.2, 0) is 11.4 Å². The average Bonchev–Trinajstić information content (AvgIpc) is 2.42. The van der Waals surface area contributed by atoms with Gasteiger partial charge in [0.25, 0.3) is 5.91 Å². The number of aryl methyl sites for hydroxylation is 1. The highest BCUT2D eigenvalue weighted by atomic mass is 16.6. The number of amides is 1. The second kappa shape index (κ2) is 6.02. The number of hydrogen-bond donors (Lipinski definition) is 2. The molecule has 0 aliphatic rings. The summed E-state index contributed by atoms with van der Waals surface area (Å²) in [6.45, 7) is 2.22. The second-order valence-corrected chi connectivity index (χ2v) is 4.30. The lowest BCUT2D eigenvalue weighted by atomic mass is 10.1. The molecule has 4 nitrogen and oxygen atoms in total. The molecule has 0 aliphatic carbocycles. The maximum absolute atomic E-state index is 11.9. The van der Waals surface area contributed by atoms with Crippen LogP contribution in [0.5, 0.6) is 0 Å². The zero-order valence-corrected chi connectivity index (χ0v) is 10.7. The predicted octanol–water partition coefficient (Wildman–Crippen LogP) is 2.44. The SMILES string of the molecule is Cc1ccc(N)c(C(=O)NOCc2ccccc2)c1. The van der Waals surface area contributed by atoms with Crippen LogP contribution < -0.4 is 11.2 Å². The van der Waals surface area contributed by atoms with Gasteiger partial charge in [-0.3, -0.25) is 9.63 Å². The van der Waals surface area contributed by atoms with Gasteiger partial charge in [-0.05, 0) is 24.6 Å². The summed E-state index contributed by atoms with van der Waals surface area (Å²) >= 11 is 0. The van der Waals surface area contributed by atoms with E-state index in [4.69, 9.17) is 10.6 Å². The molecule has 0 heterocycles. The molecule has 0 aliphatic heterocycles. The minimum absolute atomic E-state index is 0.318. The van der Waals surface area contributed by atoms with Crippen molar-refractivity contribution in [2.75, 3.05) is 5.73 Å². The van der Waals surface area contributed by atoms with E-state index in [0.717, 1.165) is 11.1 Å². The largest absolute Gasteiger partial charge is 0.398 e. The van der Waals surface area contributed by atoms with Crippen LogP contribution in [0.15, 0.2) is 48.5 Å². The molecule has 0 saturated carbocycles.